The van der Waals surface area contributed by atoms with Crippen LogP contribution < -0.4 is 20.3 Å². The third-order valence-corrected chi connectivity index (χ3v) is 8.88. The summed E-state index contributed by atoms with van der Waals surface area (Å²) >= 11 is 6.35. The number of aromatic nitrogens is 3. The first-order chi connectivity index (χ1) is 18.1. The van der Waals surface area contributed by atoms with Crippen LogP contribution in [0.25, 0.3) is 0 Å². The average molecular weight is 560 g/mol. The van der Waals surface area contributed by atoms with Gasteiger partial charge in [-0.1, -0.05) is 11.6 Å². The molecule has 0 atom stereocenters. The van der Waals surface area contributed by atoms with Crippen LogP contribution >= 0.6 is 11.6 Å². The standard InChI is InChI=1S/C26H34ClN7O3S/c1-17(2)33-11-13-34(14-12-33)19-8-9-21(23(15-19)37-5)31-26-29-16-20(27)24(32-26)30-22-7-6-10-28-25(22)38(35,36)18(3)4/h6-10,15-18H,11-14H2,1-5H3,(H2,29,30,31,32). The highest BCUT2D eigenvalue weighted by atomic mass is 35.5. The second kappa shape index (κ2) is 11.7. The van der Waals surface area contributed by atoms with E-state index in [1.54, 1.807) is 33.1 Å². The van der Waals surface area contributed by atoms with Crippen LogP contribution in [0.2, 0.25) is 5.02 Å². The summed E-state index contributed by atoms with van der Waals surface area (Å²) < 4.78 is 31.2. The van der Waals surface area contributed by atoms with E-state index in [1.165, 1.54) is 12.4 Å². The van der Waals surface area contributed by atoms with E-state index < -0.39 is 15.1 Å². The Morgan fingerprint density at radius 3 is 2.39 bits per heavy atom. The monoisotopic (exact) mass is 559 g/mol. The Morgan fingerprint density at radius 1 is 1.00 bits per heavy atom. The summed E-state index contributed by atoms with van der Waals surface area (Å²) in [6.07, 6.45) is 2.89. The number of methoxy groups -OCH3 is 1. The lowest BCUT2D eigenvalue weighted by atomic mass is 10.2. The molecule has 0 spiro atoms. The number of piperazine rings is 1. The van der Waals surface area contributed by atoms with E-state index in [0.29, 0.717) is 17.5 Å². The lowest BCUT2D eigenvalue weighted by Gasteiger charge is -2.38. The van der Waals surface area contributed by atoms with Gasteiger partial charge in [-0.3, -0.25) is 4.90 Å². The third kappa shape index (κ3) is 6.11. The molecule has 1 aromatic carbocycles. The van der Waals surface area contributed by atoms with Crippen LogP contribution in [0.3, 0.4) is 0 Å². The zero-order valence-corrected chi connectivity index (χ0v) is 23.8. The first-order valence-electron chi connectivity index (χ1n) is 12.5. The minimum Gasteiger partial charge on any atom is -0.494 e. The van der Waals surface area contributed by atoms with Crippen molar-refractivity contribution in [3.63, 3.8) is 0 Å². The van der Waals surface area contributed by atoms with E-state index in [0.717, 1.165) is 31.9 Å². The van der Waals surface area contributed by atoms with Gasteiger partial charge in [0.25, 0.3) is 0 Å². The van der Waals surface area contributed by atoms with Gasteiger partial charge in [0.15, 0.2) is 20.7 Å². The number of anilines is 5. The lowest BCUT2D eigenvalue weighted by molar-refractivity contribution is 0.209. The van der Waals surface area contributed by atoms with E-state index in [2.05, 4.69) is 49.2 Å². The van der Waals surface area contributed by atoms with Gasteiger partial charge in [-0.05, 0) is 52.0 Å². The summed E-state index contributed by atoms with van der Waals surface area (Å²) in [4.78, 5) is 17.7. The van der Waals surface area contributed by atoms with E-state index >= 15 is 0 Å². The average Bonchev–Trinajstić information content (AvgIpc) is 2.91. The van der Waals surface area contributed by atoms with Crippen LogP contribution in [0.4, 0.5) is 28.8 Å². The maximum absolute atomic E-state index is 12.8. The smallest absolute Gasteiger partial charge is 0.229 e. The van der Waals surface area contributed by atoms with E-state index in [9.17, 15) is 8.42 Å². The highest BCUT2D eigenvalue weighted by Crippen LogP contribution is 2.33. The van der Waals surface area contributed by atoms with Crippen LogP contribution in [-0.4, -0.2) is 72.9 Å². The molecule has 12 heteroatoms. The van der Waals surface area contributed by atoms with Gasteiger partial charge in [0, 0.05) is 50.2 Å². The van der Waals surface area contributed by atoms with E-state index in [-0.39, 0.29) is 27.5 Å². The molecule has 204 valence electrons. The zero-order valence-electron chi connectivity index (χ0n) is 22.3. The van der Waals surface area contributed by atoms with Gasteiger partial charge < -0.3 is 20.3 Å². The predicted octanol–water partition coefficient (Wildman–Crippen LogP) is 4.73. The molecule has 0 unspecified atom stereocenters. The molecular formula is C26H34ClN7O3S. The van der Waals surface area contributed by atoms with Gasteiger partial charge in [-0.2, -0.15) is 4.98 Å². The van der Waals surface area contributed by atoms with Gasteiger partial charge in [0.2, 0.25) is 5.95 Å². The minimum atomic E-state index is -3.63. The summed E-state index contributed by atoms with van der Waals surface area (Å²) in [6, 6.07) is 9.79. The molecule has 1 fully saturated rings. The molecule has 0 radical (unpaired) electrons. The quantitative estimate of drug-likeness (QED) is 0.381. The number of benzene rings is 1. The van der Waals surface area contributed by atoms with Gasteiger partial charge >= 0.3 is 0 Å². The van der Waals surface area contributed by atoms with Crippen LogP contribution in [0.1, 0.15) is 27.7 Å². The molecule has 38 heavy (non-hydrogen) atoms. The number of rotatable bonds is 9. The fourth-order valence-electron chi connectivity index (χ4n) is 4.18. The number of sulfone groups is 1. The predicted molar refractivity (Wildman–Crippen MR) is 152 cm³/mol. The van der Waals surface area contributed by atoms with Gasteiger partial charge in [0.05, 0.1) is 29.9 Å². The summed E-state index contributed by atoms with van der Waals surface area (Å²) in [7, 11) is -2.01. The second-order valence-electron chi connectivity index (χ2n) is 9.59. The largest absolute Gasteiger partial charge is 0.494 e. The third-order valence-electron chi connectivity index (χ3n) is 6.50. The van der Waals surface area contributed by atoms with Crippen molar-refractivity contribution < 1.29 is 13.2 Å². The molecule has 2 aromatic heterocycles. The maximum atomic E-state index is 12.8. The van der Waals surface area contributed by atoms with Gasteiger partial charge in [-0.25, -0.2) is 18.4 Å². The molecule has 1 saturated heterocycles. The van der Waals surface area contributed by atoms with E-state index in [4.69, 9.17) is 16.3 Å². The second-order valence-corrected chi connectivity index (χ2v) is 12.4. The molecule has 1 aliphatic rings. The van der Waals surface area contributed by atoms with Crippen molar-refractivity contribution in [1.29, 1.82) is 0 Å². The highest BCUT2D eigenvalue weighted by Gasteiger charge is 2.25. The Hall–Kier alpha value is -3.15. The molecule has 2 N–H and O–H groups in total. The lowest BCUT2D eigenvalue weighted by Crippen LogP contribution is -2.48. The fourth-order valence-corrected chi connectivity index (χ4v) is 5.39. The number of pyridine rings is 1. The van der Waals surface area contributed by atoms with Crippen LogP contribution in [-0.2, 0) is 9.84 Å². The van der Waals surface area contributed by atoms with Gasteiger partial charge in [-0.15, -0.1) is 0 Å². The Balaban J connectivity index is 1.55. The Morgan fingerprint density at radius 2 is 1.74 bits per heavy atom. The number of halogens is 1. The number of nitrogens with zero attached hydrogens (tertiary/aromatic N) is 5. The molecular weight excluding hydrogens is 526 g/mol. The van der Waals surface area contributed by atoms with Crippen molar-refractivity contribution in [2.24, 2.45) is 0 Å². The maximum Gasteiger partial charge on any atom is 0.229 e. The highest BCUT2D eigenvalue weighted by molar-refractivity contribution is 7.92. The van der Waals surface area contributed by atoms with Crippen molar-refractivity contribution in [3.05, 3.63) is 47.7 Å². The molecule has 0 bridgehead atoms. The van der Waals surface area contributed by atoms with Crippen LogP contribution in [0.15, 0.2) is 47.8 Å². The summed E-state index contributed by atoms with van der Waals surface area (Å²) in [5.41, 5.74) is 2.06. The topological polar surface area (TPSA) is 113 Å². The number of hydrogen-bond acceptors (Lipinski definition) is 10. The summed E-state index contributed by atoms with van der Waals surface area (Å²) in [6.45, 7) is 11.6. The molecule has 3 aromatic rings. The molecule has 0 amide bonds. The van der Waals surface area contributed by atoms with Crippen molar-refractivity contribution in [3.8, 4) is 5.75 Å². The number of nitrogens with one attached hydrogen (secondary N) is 2. The summed E-state index contributed by atoms with van der Waals surface area (Å²) in [5.74, 6) is 1.17. The van der Waals surface area contributed by atoms with Gasteiger partial charge in [0.1, 0.15) is 10.8 Å². The number of hydrogen-bond donors (Lipinski definition) is 2. The Bertz CT molecular complexity index is 1380. The Kier molecular flexibility index (Phi) is 8.59. The molecule has 3 heterocycles. The molecule has 4 rings (SSSR count). The summed E-state index contributed by atoms with van der Waals surface area (Å²) in [5, 5.41) is 5.73. The molecule has 0 saturated carbocycles. The molecule has 10 nitrogen and oxygen atoms in total. The minimum absolute atomic E-state index is 0.0642. The normalized spacial score (nSPS) is 14.7. The first-order valence-corrected chi connectivity index (χ1v) is 14.4. The van der Waals surface area contributed by atoms with Crippen molar-refractivity contribution >= 4 is 50.3 Å². The van der Waals surface area contributed by atoms with Crippen LogP contribution in [0, 0.1) is 0 Å². The first kappa shape index (κ1) is 27.9. The SMILES string of the molecule is COc1cc(N2CCN(C(C)C)CC2)ccc1Nc1ncc(Cl)c(Nc2cccnc2S(=O)(=O)C(C)C)n1. The molecule has 0 aliphatic carbocycles. The molecule has 1 aliphatic heterocycles. The Labute approximate surface area is 229 Å². The van der Waals surface area contributed by atoms with Crippen molar-refractivity contribution in [1.82, 2.24) is 19.9 Å². The number of ether oxygens (including phenoxy) is 1. The fraction of sp³-hybridized carbons (Fsp3) is 0.423. The van der Waals surface area contributed by atoms with Crippen LogP contribution in [0.5, 0.6) is 5.75 Å². The van der Waals surface area contributed by atoms with Crippen molar-refractivity contribution in [2.45, 2.75) is 44.0 Å². The van der Waals surface area contributed by atoms with Crippen molar-refractivity contribution in [2.75, 3.05) is 48.8 Å². The van der Waals surface area contributed by atoms with E-state index in [1.807, 2.05) is 18.2 Å². The zero-order chi connectivity index (χ0) is 27.4.